The van der Waals surface area contributed by atoms with Crippen molar-refractivity contribution in [3.05, 3.63) is 65.4 Å². The molecule has 1 unspecified atom stereocenters. The molecule has 6 heteroatoms. The van der Waals surface area contributed by atoms with Crippen LogP contribution in [0.1, 0.15) is 18.5 Å². The van der Waals surface area contributed by atoms with Crippen LogP contribution in [0.2, 0.25) is 5.02 Å². The highest BCUT2D eigenvalue weighted by atomic mass is 35.5. The van der Waals surface area contributed by atoms with E-state index in [2.05, 4.69) is 27.8 Å². The Morgan fingerprint density at radius 3 is 2.62 bits per heavy atom. The molecule has 2 aromatic carbocycles. The molecule has 0 saturated heterocycles. The maximum atomic E-state index is 6.25. The lowest BCUT2D eigenvalue weighted by Gasteiger charge is -2.19. The van der Waals surface area contributed by atoms with Crippen molar-refractivity contribution < 1.29 is 0 Å². The van der Waals surface area contributed by atoms with Crippen molar-refractivity contribution in [2.45, 2.75) is 13.0 Å². The summed E-state index contributed by atoms with van der Waals surface area (Å²) in [5.74, 6) is 0. The predicted octanol–water partition coefficient (Wildman–Crippen LogP) is 3.49. The molecule has 0 aliphatic carbocycles. The molecule has 1 N–H and O–H groups in total. The molecule has 0 aliphatic heterocycles. The van der Waals surface area contributed by atoms with Crippen molar-refractivity contribution in [3.8, 4) is 5.69 Å². The molecule has 0 spiro atoms. The van der Waals surface area contributed by atoms with Crippen LogP contribution in [0.5, 0.6) is 0 Å². The van der Waals surface area contributed by atoms with Gasteiger partial charge in [0, 0.05) is 5.02 Å². The van der Waals surface area contributed by atoms with E-state index in [0.29, 0.717) is 0 Å². The van der Waals surface area contributed by atoms with Gasteiger partial charge in [0.25, 0.3) is 0 Å². The van der Waals surface area contributed by atoms with E-state index in [1.54, 1.807) is 11.0 Å². The first-order valence-electron chi connectivity index (χ1n) is 6.59. The van der Waals surface area contributed by atoms with Gasteiger partial charge in [0.1, 0.15) is 6.33 Å². The number of rotatable bonds is 4. The summed E-state index contributed by atoms with van der Waals surface area (Å²) in [5, 5.41) is 15.5. The van der Waals surface area contributed by atoms with Crippen LogP contribution in [0.15, 0.2) is 54.9 Å². The zero-order chi connectivity index (χ0) is 14.7. The van der Waals surface area contributed by atoms with Gasteiger partial charge in [-0.15, -0.1) is 5.10 Å². The molecule has 1 atom stereocenters. The third-order valence-electron chi connectivity index (χ3n) is 3.24. The van der Waals surface area contributed by atoms with Gasteiger partial charge >= 0.3 is 0 Å². The molecule has 0 aliphatic rings. The summed E-state index contributed by atoms with van der Waals surface area (Å²) in [5.41, 5.74) is 2.88. The largest absolute Gasteiger partial charge is 0.377 e. The lowest BCUT2D eigenvalue weighted by atomic mass is 10.1. The van der Waals surface area contributed by atoms with Crippen molar-refractivity contribution in [3.63, 3.8) is 0 Å². The highest BCUT2D eigenvalue weighted by Gasteiger charge is 2.12. The van der Waals surface area contributed by atoms with Crippen LogP contribution in [0.25, 0.3) is 5.69 Å². The fourth-order valence-electron chi connectivity index (χ4n) is 2.20. The number of anilines is 1. The number of para-hydroxylation sites is 2. The van der Waals surface area contributed by atoms with Gasteiger partial charge in [-0.1, -0.05) is 41.9 Å². The Morgan fingerprint density at radius 2 is 1.86 bits per heavy atom. The van der Waals surface area contributed by atoms with E-state index in [1.807, 2.05) is 48.5 Å². The molecule has 0 radical (unpaired) electrons. The number of hydrogen-bond acceptors (Lipinski definition) is 4. The van der Waals surface area contributed by atoms with E-state index in [-0.39, 0.29) is 6.04 Å². The fraction of sp³-hybridized carbons (Fsp3) is 0.133. The van der Waals surface area contributed by atoms with Crippen LogP contribution < -0.4 is 5.32 Å². The molecule has 1 heterocycles. The molecule has 0 saturated carbocycles. The van der Waals surface area contributed by atoms with Crippen LogP contribution in [0.3, 0.4) is 0 Å². The fourth-order valence-corrected chi connectivity index (χ4v) is 2.50. The second-order valence-electron chi connectivity index (χ2n) is 4.66. The topological polar surface area (TPSA) is 55.6 Å². The summed E-state index contributed by atoms with van der Waals surface area (Å²) in [6.07, 6.45) is 1.57. The normalized spacial score (nSPS) is 12.1. The Hall–Kier alpha value is -2.40. The molecule has 5 nitrogen and oxygen atoms in total. The number of tetrazole rings is 1. The molecular formula is C15H14ClN5. The number of benzene rings is 2. The van der Waals surface area contributed by atoms with E-state index in [1.165, 1.54) is 0 Å². The monoisotopic (exact) mass is 299 g/mol. The van der Waals surface area contributed by atoms with E-state index in [9.17, 15) is 0 Å². The summed E-state index contributed by atoms with van der Waals surface area (Å²) in [6.45, 7) is 2.07. The zero-order valence-electron chi connectivity index (χ0n) is 11.4. The number of nitrogens with zero attached hydrogens (tertiary/aromatic N) is 4. The average molecular weight is 300 g/mol. The smallest absolute Gasteiger partial charge is 0.143 e. The van der Waals surface area contributed by atoms with Gasteiger partial charge in [-0.3, -0.25) is 0 Å². The van der Waals surface area contributed by atoms with Crippen molar-refractivity contribution >= 4 is 17.3 Å². The molecule has 0 amide bonds. The maximum Gasteiger partial charge on any atom is 0.143 e. The SMILES string of the molecule is CC(Nc1ccccc1-n1cnnn1)c1ccccc1Cl. The van der Waals surface area contributed by atoms with Gasteiger partial charge in [-0.2, -0.15) is 4.68 Å². The van der Waals surface area contributed by atoms with Crippen LogP contribution in [-0.2, 0) is 0 Å². The van der Waals surface area contributed by atoms with Crippen LogP contribution >= 0.6 is 11.6 Å². The highest BCUT2D eigenvalue weighted by molar-refractivity contribution is 6.31. The summed E-state index contributed by atoms with van der Waals surface area (Å²) in [4.78, 5) is 0. The first-order valence-corrected chi connectivity index (χ1v) is 6.97. The third kappa shape index (κ3) is 2.87. The van der Waals surface area contributed by atoms with E-state index in [4.69, 9.17) is 11.6 Å². The standard InChI is InChI=1S/C15H14ClN5/c1-11(12-6-2-3-7-13(12)16)18-14-8-4-5-9-15(14)21-10-17-19-20-21/h2-11,18H,1H3. The lowest BCUT2D eigenvalue weighted by Crippen LogP contribution is -2.10. The van der Waals surface area contributed by atoms with E-state index >= 15 is 0 Å². The minimum absolute atomic E-state index is 0.0660. The number of halogens is 1. The molecule has 0 fully saturated rings. The molecule has 0 bridgehead atoms. The zero-order valence-corrected chi connectivity index (χ0v) is 12.2. The Balaban J connectivity index is 1.91. The Kier molecular flexibility index (Phi) is 3.83. The second kappa shape index (κ2) is 5.93. The summed E-state index contributed by atoms with van der Waals surface area (Å²) in [7, 11) is 0. The van der Waals surface area contributed by atoms with Crippen molar-refractivity contribution in [1.82, 2.24) is 20.2 Å². The molecule has 21 heavy (non-hydrogen) atoms. The van der Waals surface area contributed by atoms with Crippen molar-refractivity contribution in [2.24, 2.45) is 0 Å². The minimum Gasteiger partial charge on any atom is -0.377 e. The van der Waals surface area contributed by atoms with Gasteiger partial charge in [-0.05, 0) is 41.1 Å². The predicted molar refractivity (Wildman–Crippen MR) is 82.6 cm³/mol. The quantitative estimate of drug-likeness (QED) is 0.801. The second-order valence-corrected chi connectivity index (χ2v) is 5.07. The molecule has 3 rings (SSSR count). The average Bonchev–Trinajstić information content (AvgIpc) is 3.02. The van der Waals surface area contributed by atoms with E-state index in [0.717, 1.165) is 22.0 Å². The maximum absolute atomic E-state index is 6.25. The van der Waals surface area contributed by atoms with Crippen LogP contribution in [0.4, 0.5) is 5.69 Å². The highest BCUT2D eigenvalue weighted by Crippen LogP contribution is 2.28. The minimum atomic E-state index is 0.0660. The Labute approximate surface area is 127 Å². The van der Waals surface area contributed by atoms with Gasteiger partial charge in [0.2, 0.25) is 0 Å². The lowest BCUT2D eigenvalue weighted by molar-refractivity contribution is 0.785. The van der Waals surface area contributed by atoms with Crippen molar-refractivity contribution in [2.75, 3.05) is 5.32 Å². The molecule has 3 aromatic rings. The van der Waals surface area contributed by atoms with Gasteiger partial charge in [0.05, 0.1) is 17.4 Å². The van der Waals surface area contributed by atoms with Gasteiger partial charge in [0.15, 0.2) is 0 Å². The summed E-state index contributed by atoms with van der Waals surface area (Å²) >= 11 is 6.25. The molecular weight excluding hydrogens is 286 g/mol. The Bertz CT molecular complexity index is 726. The van der Waals surface area contributed by atoms with Gasteiger partial charge in [-0.25, -0.2) is 0 Å². The molecule has 1 aromatic heterocycles. The first-order chi connectivity index (χ1) is 10.3. The van der Waals surface area contributed by atoms with E-state index < -0.39 is 0 Å². The summed E-state index contributed by atoms with van der Waals surface area (Å²) in [6, 6.07) is 15.7. The van der Waals surface area contributed by atoms with Crippen LogP contribution in [-0.4, -0.2) is 20.2 Å². The van der Waals surface area contributed by atoms with Gasteiger partial charge < -0.3 is 5.32 Å². The number of hydrogen-bond donors (Lipinski definition) is 1. The number of aromatic nitrogens is 4. The number of nitrogens with one attached hydrogen (secondary N) is 1. The Morgan fingerprint density at radius 1 is 1.10 bits per heavy atom. The third-order valence-corrected chi connectivity index (χ3v) is 3.59. The molecule has 106 valence electrons. The summed E-state index contributed by atoms with van der Waals surface area (Å²) < 4.78 is 1.63. The van der Waals surface area contributed by atoms with Crippen LogP contribution in [0, 0.1) is 0 Å². The first kappa shape index (κ1) is 13.6. The van der Waals surface area contributed by atoms with Crippen molar-refractivity contribution in [1.29, 1.82) is 0 Å².